The second-order valence-corrected chi connectivity index (χ2v) is 16.7. The number of rotatable bonds is 13. The minimum absolute atomic E-state index is 0.131. The number of carbonyl (C=O) groups excluding carboxylic acids is 1. The molecule has 3 aromatic rings. The van der Waals surface area contributed by atoms with Gasteiger partial charge in [0.25, 0.3) is 8.32 Å². The zero-order chi connectivity index (χ0) is 29.2. The van der Waals surface area contributed by atoms with Gasteiger partial charge in [-0.3, -0.25) is 4.79 Å². The second-order valence-electron chi connectivity index (χ2n) is 12.4. The van der Waals surface area contributed by atoms with Crippen molar-refractivity contribution in [3.63, 3.8) is 0 Å². The average Bonchev–Trinajstić information content (AvgIpc) is 2.91. The molecule has 0 aliphatic carbocycles. The van der Waals surface area contributed by atoms with E-state index in [1.807, 2.05) is 70.2 Å². The fraction of sp³-hybridized carbons (Fsp3) is 0.441. The first-order chi connectivity index (χ1) is 18.9. The summed E-state index contributed by atoms with van der Waals surface area (Å²) in [6.45, 7) is 15.6. The number of carbonyl (C=O) groups is 1. The molecule has 0 N–H and O–H groups in total. The predicted molar refractivity (Wildman–Crippen MR) is 164 cm³/mol. The third-order valence-electron chi connectivity index (χ3n) is 7.03. The van der Waals surface area contributed by atoms with Crippen LogP contribution in [-0.4, -0.2) is 39.9 Å². The summed E-state index contributed by atoms with van der Waals surface area (Å²) in [7, 11) is -2.78. The number of esters is 1. The molecule has 3 rings (SSSR count). The van der Waals surface area contributed by atoms with Crippen LogP contribution in [0.4, 0.5) is 0 Å². The van der Waals surface area contributed by atoms with Crippen LogP contribution in [0.3, 0.4) is 0 Å². The van der Waals surface area contributed by atoms with Crippen LogP contribution in [0.15, 0.2) is 91.0 Å². The highest BCUT2D eigenvalue weighted by atomic mass is 28.4. The Bertz CT molecular complexity index is 1110. The topological polar surface area (TPSA) is 54.0 Å². The number of hydrogen-bond acceptors (Lipinski definition) is 5. The lowest BCUT2D eigenvalue weighted by atomic mass is 9.95. The van der Waals surface area contributed by atoms with Crippen LogP contribution in [0.2, 0.25) is 5.04 Å². The molecule has 3 aromatic carbocycles. The Hall–Kier alpha value is -2.77. The fourth-order valence-corrected chi connectivity index (χ4v) is 9.53. The van der Waals surface area contributed by atoms with Gasteiger partial charge in [0.15, 0.2) is 0 Å². The van der Waals surface area contributed by atoms with Crippen molar-refractivity contribution in [1.29, 1.82) is 0 Å². The van der Waals surface area contributed by atoms with Gasteiger partial charge in [0.05, 0.1) is 19.1 Å². The minimum atomic E-state index is -2.78. The smallest absolute Gasteiger partial charge is 0.309 e. The largest absolute Gasteiger partial charge is 0.460 e. The van der Waals surface area contributed by atoms with Crippen molar-refractivity contribution in [1.82, 2.24) is 0 Å². The summed E-state index contributed by atoms with van der Waals surface area (Å²) < 4.78 is 24.7. The fourth-order valence-electron chi connectivity index (χ4n) is 4.91. The zero-order valence-corrected chi connectivity index (χ0v) is 26.2. The molecule has 0 saturated heterocycles. The Morgan fingerprint density at radius 3 is 1.70 bits per heavy atom. The Kier molecular flexibility index (Phi) is 11.3. The zero-order valence-electron chi connectivity index (χ0n) is 25.2. The van der Waals surface area contributed by atoms with E-state index in [0.29, 0.717) is 19.8 Å². The molecule has 2 atom stereocenters. The Morgan fingerprint density at radius 1 is 0.725 bits per heavy atom. The van der Waals surface area contributed by atoms with Crippen LogP contribution in [0, 0.1) is 11.8 Å². The lowest BCUT2D eigenvalue weighted by Gasteiger charge is -2.44. The Morgan fingerprint density at radius 2 is 1.23 bits per heavy atom. The van der Waals surface area contributed by atoms with E-state index in [9.17, 15) is 4.79 Å². The van der Waals surface area contributed by atoms with Crippen molar-refractivity contribution in [2.24, 2.45) is 11.8 Å². The molecule has 40 heavy (non-hydrogen) atoms. The first kappa shape index (κ1) is 31.8. The van der Waals surface area contributed by atoms with Gasteiger partial charge < -0.3 is 18.6 Å². The Balaban J connectivity index is 1.84. The van der Waals surface area contributed by atoms with Crippen molar-refractivity contribution >= 4 is 24.7 Å². The van der Waals surface area contributed by atoms with Crippen LogP contribution < -0.4 is 10.4 Å². The molecular weight excluding hydrogens is 516 g/mol. The number of benzene rings is 3. The maximum absolute atomic E-state index is 13.2. The lowest BCUT2D eigenvalue weighted by Crippen LogP contribution is -2.67. The van der Waals surface area contributed by atoms with Gasteiger partial charge in [-0.1, -0.05) is 119 Å². The molecule has 216 valence electrons. The van der Waals surface area contributed by atoms with Crippen molar-refractivity contribution in [3.05, 3.63) is 96.6 Å². The molecule has 0 fully saturated rings. The van der Waals surface area contributed by atoms with Crippen LogP contribution in [0.25, 0.3) is 0 Å². The normalized spacial score (nSPS) is 14.0. The van der Waals surface area contributed by atoms with Gasteiger partial charge in [0.2, 0.25) is 0 Å². The van der Waals surface area contributed by atoms with Crippen molar-refractivity contribution in [2.45, 2.75) is 65.7 Å². The summed E-state index contributed by atoms with van der Waals surface area (Å²) in [6.07, 6.45) is 0. The summed E-state index contributed by atoms with van der Waals surface area (Å²) in [5.41, 5.74) is 0.508. The molecule has 0 aliphatic rings. The van der Waals surface area contributed by atoms with Crippen molar-refractivity contribution in [2.75, 3.05) is 20.0 Å². The molecule has 0 radical (unpaired) electrons. The van der Waals surface area contributed by atoms with Gasteiger partial charge in [0.1, 0.15) is 12.4 Å². The molecule has 0 bridgehead atoms. The van der Waals surface area contributed by atoms with E-state index in [-0.39, 0.29) is 23.7 Å². The van der Waals surface area contributed by atoms with E-state index in [0.717, 1.165) is 5.56 Å². The van der Waals surface area contributed by atoms with E-state index in [1.54, 1.807) is 0 Å². The molecule has 5 nitrogen and oxygen atoms in total. The van der Waals surface area contributed by atoms with Crippen molar-refractivity contribution in [3.8, 4) is 0 Å². The van der Waals surface area contributed by atoms with Gasteiger partial charge in [-0.15, -0.1) is 0 Å². The Labute approximate surface area is 242 Å². The highest BCUT2D eigenvalue weighted by Crippen LogP contribution is 2.37. The van der Waals surface area contributed by atoms with Gasteiger partial charge in [-0.05, 0) is 41.7 Å². The maximum atomic E-state index is 13.2. The minimum Gasteiger partial charge on any atom is -0.460 e. The molecule has 0 saturated carbocycles. The third kappa shape index (κ3) is 8.61. The van der Waals surface area contributed by atoms with E-state index >= 15 is 0 Å². The molecule has 0 aromatic heterocycles. The summed E-state index contributed by atoms with van der Waals surface area (Å²) in [5, 5.41) is 2.23. The first-order valence-electron chi connectivity index (χ1n) is 14.1. The van der Waals surface area contributed by atoms with Crippen molar-refractivity contribution < 1.29 is 23.4 Å². The molecule has 6 heteroatoms. The summed E-state index contributed by atoms with van der Waals surface area (Å²) in [6, 6.07) is 31.0. The van der Waals surface area contributed by atoms with Gasteiger partial charge >= 0.3 is 5.97 Å². The first-order valence-corrected chi connectivity index (χ1v) is 16.0. The molecule has 0 amide bonds. The lowest BCUT2D eigenvalue weighted by molar-refractivity contribution is -0.164. The molecule has 0 aliphatic heterocycles. The number of ether oxygens (including phenoxy) is 3. The van der Waals surface area contributed by atoms with Gasteiger partial charge in [-0.2, -0.15) is 0 Å². The predicted octanol–water partition coefficient (Wildman–Crippen LogP) is 6.35. The number of hydrogen-bond donors (Lipinski definition) is 0. The molecule has 0 heterocycles. The SMILES string of the molecule is C[C@H](C(=O)OC(C)(C)C)[C@@H](COCOCc1ccccc1)CO[Si](c1ccccc1)(c1ccccc1)C(C)(C)C. The van der Waals surface area contributed by atoms with Crippen LogP contribution in [0.1, 0.15) is 54.0 Å². The molecule has 0 spiro atoms. The van der Waals surface area contributed by atoms with Crippen LogP contribution in [0.5, 0.6) is 0 Å². The monoisotopic (exact) mass is 562 g/mol. The average molecular weight is 563 g/mol. The summed E-state index contributed by atoms with van der Waals surface area (Å²) in [5.74, 6) is -0.902. The maximum Gasteiger partial charge on any atom is 0.309 e. The summed E-state index contributed by atoms with van der Waals surface area (Å²) >= 11 is 0. The van der Waals surface area contributed by atoms with Gasteiger partial charge in [0, 0.05) is 12.5 Å². The van der Waals surface area contributed by atoms with Crippen LogP contribution >= 0.6 is 0 Å². The van der Waals surface area contributed by atoms with E-state index in [2.05, 4.69) is 69.3 Å². The standard InChI is InChI=1S/C34H46O5Si/c1-27(32(35)39-33(2,3)4)29(24-37-26-36-23-28-17-11-8-12-18-28)25-38-40(34(5,6)7,30-19-13-9-14-20-30)31-21-15-10-16-22-31/h8-22,27,29H,23-26H2,1-7H3/t27-,29-/m0/s1. The van der Waals surface area contributed by atoms with Gasteiger partial charge in [-0.25, -0.2) is 0 Å². The second kappa shape index (κ2) is 14.2. The highest BCUT2D eigenvalue weighted by Gasteiger charge is 2.50. The van der Waals surface area contributed by atoms with E-state index in [1.165, 1.54) is 10.4 Å². The van der Waals surface area contributed by atoms with Crippen LogP contribution in [-0.2, 0) is 30.0 Å². The highest BCUT2D eigenvalue weighted by molar-refractivity contribution is 6.99. The summed E-state index contributed by atoms with van der Waals surface area (Å²) in [4.78, 5) is 13.2. The van der Waals surface area contributed by atoms with E-state index < -0.39 is 19.8 Å². The van der Waals surface area contributed by atoms with E-state index in [4.69, 9.17) is 18.6 Å². The molecule has 0 unspecified atom stereocenters. The molecular formula is C34H46O5Si. The third-order valence-corrected chi connectivity index (χ3v) is 12.0. The quantitative estimate of drug-likeness (QED) is 0.105.